The molecule has 1 fully saturated rings. The summed E-state index contributed by atoms with van der Waals surface area (Å²) in [6, 6.07) is 5.41. The Morgan fingerprint density at radius 2 is 1.96 bits per heavy atom. The molecule has 5 atom stereocenters. The number of carboxylic acids is 1. The zero-order valence-corrected chi connectivity index (χ0v) is 13.2. The van der Waals surface area contributed by atoms with Crippen molar-refractivity contribution in [1.82, 2.24) is 4.98 Å². The fourth-order valence-corrected chi connectivity index (χ4v) is 2.80. The average Bonchev–Trinajstić information content (AvgIpc) is 2.89. The van der Waals surface area contributed by atoms with Crippen LogP contribution in [0.25, 0.3) is 10.9 Å². The third-order valence-corrected chi connectivity index (χ3v) is 4.16. The molecule has 1 aliphatic rings. The second-order valence-electron chi connectivity index (χ2n) is 5.20. The standard InChI is InChI=1S/C14H14BrNO7/c15-5-1-2-7-6(3-5)8(4-16-7)22-14-11(19)9(17)10(18)12(23-14)13(20)21/h1-4,9-12,14,16-19H,(H,20,21)/t9-,10-,11+,12-,14?/m0/s1. The molecule has 5 N–H and O–H groups in total. The summed E-state index contributed by atoms with van der Waals surface area (Å²) in [6.45, 7) is 0. The summed E-state index contributed by atoms with van der Waals surface area (Å²) in [6.07, 6.45) is -6.66. The number of nitrogens with one attached hydrogen (secondary N) is 1. The van der Waals surface area contributed by atoms with Gasteiger partial charge >= 0.3 is 5.97 Å². The fraction of sp³-hybridized carbons (Fsp3) is 0.357. The summed E-state index contributed by atoms with van der Waals surface area (Å²) in [5, 5.41) is 39.1. The normalized spacial score (nSPS) is 31.2. The van der Waals surface area contributed by atoms with Gasteiger partial charge in [0.05, 0.1) is 0 Å². The number of fused-ring (bicyclic) bond motifs is 1. The second-order valence-corrected chi connectivity index (χ2v) is 6.11. The Morgan fingerprint density at radius 1 is 1.22 bits per heavy atom. The van der Waals surface area contributed by atoms with Gasteiger partial charge in [-0.3, -0.25) is 0 Å². The van der Waals surface area contributed by atoms with Gasteiger partial charge in [0.1, 0.15) is 24.1 Å². The molecule has 0 aliphatic carbocycles. The number of aromatic amines is 1. The lowest BCUT2D eigenvalue weighted by Gasteiger charge is -2.38. The van der Waals surface area contributed by atoms with E-state index in [2.05, 4.69) is 20.9 Å². The zero-order chi connectivity index (χ0) is 16.7. The van der Waals surface area contributed by atoms with E-state index < -0.39 is 36.7 Å². The fourth-order valence-electron chi connectivity index (χ4n) is 2.44. The maximum absolute atomic E-state index is 11.1. The molecule has 1 saturated heterocycles. The molecule has 1 aliphatic heterocycles. The summed E-state index contributed by atoms with van der Waals surface area (Å²) >= 11 is 3.33. The van der Waals surface area contributed by atoms with Crippen molar-refractivity contribution in [1.29, 1.82) is 0 Å². The van der Waals surface area contributed by atoms with Gasteiger partial charge in [0.25, 0.3) is 0 Å². The quantitative estimate of drug-likeness (QED) is 0.508. The van der Waals surface area contributed by atoms with Crippen molar-refractivity contribution in [2.45, 2.75) is 30.7 Å². The van der Waals surface area contributed by atoms with Crippen molar-refractivity contribution in [2.75, 3.05) is 0 Å². The lowest BCUT2D eigenvalue weighted by molar-refractivity contribution is -0.270. The van der Waals surface area contributed by atoms with E-state index in [1.54, 1.807) is 6.07 Å². The first kappa shape index (κ1) is 16.2. The van der Waals surface area contributed by atoms with Crippen molar-refractivity contribution in [3.8, 4) is 5.75 Å². The van der Waals surface area contributed by atoms with Gasteiger partial charge in [-0.15, -0.1) is 0 Å². The third kappa shape index (κ3) is 2.93. The first-order chi connectivity index (χ1) is 10.9. The Labute approximate surface area is 138 Å². The summed E-state index contributed by atoms with van der Waals surface area (Å²) < 4.78 is 11.4. The van der Waals surface area contributed by atoms with Crippen LogP contribution in [-0.4, -0.2) is 62.1 Å². The first-order valence-corrected chi connectivity index (χ1v) is 7.53. The lowest BCUT2D eigenvalue weighted by Crippen LogP contribution is -2.61. The predicted molar refractivity (Wildman–Crippen MR) is 80.9 cm³/mol. The van der Waals surface area contributed by atoms with Crippen LogP contribution in [0.5, 0.6) is 5.75 Å². The van der Waals surface area contributed by atoms with Crippen LogP contribution >= 0.6 is 15.9 Å². The zero-order valence-electron chi connectivity index (χ0n) is 11.6. The van der Waals surface area contributed by atoms with Crippen LogP contribution in [0.4, 0.5) is 0 Å². The largest absolute Gasteiger partial charge is 0.479 e. The topological polar surface area (TPSA) is 132 Å². The number of carbonyl (C=O) groups is 1. The molecule has 124 valence electrons. The summed E-state index contributed by atoms with van der Waals surface area (Å²) in [5.74, 6) is -1.14. The molecule has 0 radical (unpaired) electrons. The monoisotopic (exact) mass is 387 g/mol. The van der Waals surface area contributed by atoms with E-state index in [9.17, 15) is 20.1 Å². The van der Waals surface area contributed by atoms with Crippen molar-refractivity contribution in [2.24, 2.45) is 0 Å². The molecule has 2 heterocycles. The Morgan fingerprint density at radius 3 is 2.65 bits per heavy atom. The first-order valence-electron chi connectivity index (χ1n) is 6.74. The molecule has 1 aromatic heterocycles. The van der Waals surface area contributed by atoms with Crippen LogP contribution in [0.3, 0.4) is 0 Å². The third-order valence-electron chi connectivity index (χ3n) is 3.66. The van der Waals surface area contributed by atoms with Gasteiger partial charge in [0.2, 0.25) is 6.29 Å². The second kappa shape index (κ2) is 6.10. The SMILES string of the molecule is O=C(O)[C@H]1OC(Oc2c[nH]c3ccc(Br)cc23)[C@H](O)[C@@H](O)[C@@H]1O. The van der Waals surface area contributed by atoms with Crippen LogP contribution in [-0.2, 0) is 9.53 Å². The molecule has 2 aromatic rings. The molecule has 8 nitrogen and oxygen atoms in total. The van der Waals surface area contributed by atoms with E-state index in [-0.39, 0.29) is 0 Å². The van der Waals surface area contributed by atoms with Crippen LogP contribution in [0, 0.1) is 0 Å². The maximum atomic E-state index is 11.1. The number of rotatable bonds is 3. The highest BCUT2D eigenvalue weighted by Gasteiger charge is 2.48. The Balaban J connectivity index is 1.88. The van der Waals surface area contributed by atoms with Crippen LogP contribution < -0.4 is 4.74 Å². The number of aliphatic hydroxyl groups excluding tert-OH is 3. The van der Waals surface area contributed by atoms with E-state index in [0.717, 1.165) is 9.99 Å². The predicted octanol–water partition coefficient (Wildman–Crippen LogP) is 0.201. The van der Waals surface area contributed by atoms with Gasteiger partial charge < -0.3 is 34.9 Å². The average molecular weight is 388 g/mol. The molecule has 23 heavy (non-hydrogen) atoms. The van der Waals surface area contributed by atoms with Crippen molar-refractivity contribution in [3.63, 3.8) is 0 Å². The molecular formula is C14H14BrNO7. The molecule has 1 aromatic carbocycles. The molecule has 0 amide bonds. The number of halogens is 1. The van der Waals surface area contributed by atoms with Gasteiger partial charge in [0, 0.05) is 21.6 Å². The van der Waals surface area contributed by atoms with E-state index >= 15 is 0 Å². The number of benzene rings is 1. The van der Waals surface area contributed by atoms with E-state index in [4.69, 9.17) is 14.6 Å². The number of ether oxygens (including phenoxy) is 2. The number of hydrogen-bond acceptors (Lipinski definition) is 6. The highest BCUT2D eigenvalue weighted by atomic mass is 79.9. The number of hydrogen-bond donors (Lipinski definition) is 5. The molecule has 0 spiro atoms. The minimum Gasteiger partial charge on any atom is -0.479 e. The minimum absolute atomic E-state index is 0.318. The number of carboxylic acid groups (broad SMARTS) is 1. The molecule has 0 bridgehead atoms. The Bertz CT molecular complexity index is 733. The van der Waals surface area contributed by atoms with Gasteiger partial charge in [-0.1, -0.05) is 15.9 Å². The minimum atomic E-state index is -1.75. The highest BCUT2D eigenvalue weighted by molar-refractivity contribution is 9.10. The maximum Gasteiger partial charge on any atom is 0.335 e. The van der Waals surface area contributed by atoms with Crippen LogP contribution in [0.1, 0.15) is 0 Å². The summed E-state index contributed by atoms with van der Waals surface area (Å²) in [7, 11) is 0. The number of H-pyrrole nitrogens is 1. The Hall–Kier alpha value is -1.65. The molecule has 3 rings (SSSR count). The van der Waals surface area contributed by atoms with E-state index in [1.165, 1.54) is 6.20 Å². The number of aromatic nitrogens is 1. The highest BCUT2D eigenvalue weighted by Crippen LogP contribution is 2.31. The summed E-state index contributed by atoms with van der Waals surface area (Å²) in [4.78, 5) is 14.0. The van der Waals surface area contributed by atoms with Crippen LogP contribution in [0.2, 0.25) is 0 Å². The molecule has 1 unspecified atom stereocenters. The van der Waals surface area contributed by atoms with E-state index in [0.29, 0.717) is 11.1 Å². The Kier molecular flexibility index (Phi) is 4.30. The number of aliphatic hydroxyl groups is 3. The van der Waals surface area contributed by atoms with Gasteiger partial charge in [-0.2, -0.15) is 0 Å². The molecule has 9 heteroatoms. The van der Waals surface area contributed by atoms with Crippen molar-refractivity contribution >= 4 is 32.8 Å². The molecule has 0 saturated carbocycles. The van der Waals surface area contributed by atoms with E-state index in [1.807, 2.05) is 12.1 Å². The van der Waals surface area contributed by atoms with Crippen molar-refractivity contribution < 1.29 is 34.7 Å². The summed E-state index contributed by atoms with van der Waals surface area (Å²) in [5.41, 5.74) is 0.767. The molecular weight excluding hydrogens is 374 g/mol. The van der Waals surface area contributed by atoms with Gasteiger partial charge in [-0.25, -0.2) is 4.79 Å². The number of aliphatic carboxylic acids is 1. The smallest absolute Gasteiger partial charge is 0.335 e. The van der Waals surface area contributed by atoms with Crippen molar-refractivity contribution in [3.05, 3.63) is 28.9 Å². The van der Waals surface area contributed by atoms with Gasteiger partial charge in [-0.05, 0) is 18.2 Å². The lowest BCUT2D eigenvalue weighted by atomic mass is 9.99. The van der Waals surface area contributed by atoms with Gasteiger partial charge in [0.15, 0.2) is 6.10 Å². The van der Waals surface area contributed by atoms with Crippen LogP contribution in [0.15, 0.2) is 28.9 Å².